The van der Waals surface area contributed by atoms with Gasteiger partial charge < -0.3 is 10.6 Å². The van der Waals surface area contributed by atoms with Crippen molar-refractivity contribution in [2.45, 2.75) is 27.2 Å². The molecule has 2 N–H and O–H groups in total. The Hall–Kier alpha value is -1.56. The minimum absolute atomic E-state index is 0.00667. The Bertz CT molecular complexity index is 728. The Morgan fingerprint density at radius 1 is 1.21 bits per heavy atom. The van der Waals surface area contributed by atoms with E-state index in [1.807, 2.05) is 26.8 Å². The van der Waals surface area contributed by atoms with Crippen LogP contribution in [0.2, 0.25) is 10.0 Å². The summed E-state index contributed by atoms with van der Waals surface area (Å²) < 4.78 is 1.79. The summed E-state index contributed by atoms with van der Waals surface area (Å²) in [5, 5.41) is 11.6. The fourth-order valence-electron chi connectivity index (χ4n) is 2.49. The van der Waals surface area contributed by atoms with Crippen LogP contribution in [0.5, 0.6) is 0 Å². The maximum atomic E-state index is 12.1. The molecule has 0 fully saturated rings. The van der Waals surface area contributed by atoms with Crippen molar-refractivity contribution >= 4 is 29.1 Å². The standard InChI is InChI=1S/C17H22Cl2N4O/c1-4-20-7-8-21-17(24)10-14-11(2)22-23(12(14)3)13-5-6-15(18)16(19)9-13/h5-6,9,20H,4,7-8,10H2,1-3H3,(H,21,24). The van der Waals surface area contributed by atoms with Crippen molar-refractivity contribution in [3.63, 3.8) is 0 Å². The van der Waals surface area contributed by atoms with Gasteiger partial charge in [0.1, 0.15) is 0 Å². The molecule has 0 aliphatic heterocycles. The van der Waals surface area contributed by atoms with E-state index < -0.39 is 0 Å². The van der Waals surface area contributed by atoms with Crippen molar-refractivity contribution in [3.05, 3.63) is 45.2 Å². The third-order valence-electron chi connectivity index (χ3n) is 3.80. The topological polar surface area (TPSA) is 58.9 Å². The summed E-state index contributed by atoms with van der Waals surface area (Å²) in [6.07, 6.45) is 0.311. The summed E-state index contributed by atoms with van der Waals surface area (Å²) in [6.45, 7) is 8.16. The lowest BCUT2D eigenvalue weighted by atomic mass is 10.1. The number of amides is 1. The normalized spacial score (nSPS) is 10.9. The van der Waals surface area contributed by atoms with Gasteiger partial charge in [-0.3, -0.25) is 4.79 Å². The number of halogens is 2. The molecule has 0 aliphatic rings. The van der Waals surface area contributed by atoms with Crippen molar-refractivity contribution in [3.8, 4) is 5.69 Å². The van der Waals surface area contributed by atoms with Crippen molar-refractivity contribution in [1.29, 1.82) is 0 Å². The van der Waals surface area contributed by atoms with E-state index in [0.29, 0.717) is 23.0 Å². The van der Waals surface area contributed by atoms with Crippen LogP contribution in [-0.4, -0.2) is 35.3 Å². The molecule has 0 bridgehead atoms. The van der Waals surface area contributed by atoms with Gasteiger partial charge in [-0.05, 0) is 38.6 Å². The van der Waals surface area contributed by atoms with Crippen LogP contribution in [0, 0.1) is 13.8 Å². The lowest BCUT2D eigenvalue weighted by Gasteiger charge is -2.08. The van der Waals surface area contributed by atoms with Gasteiger partial charge >= 0.3 is 0 Å². The second-order valence-corrected chi connectivity index (χ2v) is 6.35. The van der Waals surface area contributed by atoms with Crippen LogP contribution in [0.15, 0.2) is 18.2 Å². The van der Waals surface area contributed by atoms with Crippen LogP contribution in [0.4, 0.5) is 0 Å². The number of hydrogen-bond acceptors (Lipinski definition) is 3. The SMILES string of the molecule is CCNCCNC(=O)Cc1c(C)nn(-c2ccc(Cl)c(Cl)c2)c1C. The quantitative estimate of drug-likeness (QED) is 0.738. The number of likely N-dealkylation sites (N-methyl/N-ethyl adjacent to an activating group) is 1. The molecule has 130 valence electrons. The minimum Gasteiger partial charge on any atom is -0.355 e. The van der Waals surface area contributed by atoms with E-state index in [9.17, 15) is 4.79 Å². The molecule has 0 aliphatic carbocycles. The number of hydrogen-bond donors (Lipinski definition) is 2. The van der Waals surface area contributed by atoms with Crippen LogP contribution < -0.4 is 10.6 Å². The van der Waals surface area contributed by atoms with E-state index in [1.165, 1.54) is 0 Å². The fraction of sp³-hybridized carbons (Fsp3) is 0.412. The molecule has 0 saturated heterocycles. The largest absolute Gasteiger partial charge is 0.355 e. The Balaban J connectivity index is 2.14. The van der Waals surface area contributed by atoms with Gasteiger partial charge in [-0.25, -0.2) is 4.68 Å². The summed E-state index contributed by atoms with van der Waals surface area (Å²) in [5.41, 5.74) is 3.51. The zero-order chi connectivity index (χ0) is 17.7. The first-order chi connectivity index (χ1) is 11.4. The lowest BCUT2D eigenvalue weighted by molar-refractivity contribution is -0.120. The molecule has 1 aromatic heterocycles. The summed E-state index contributed by atoms with van der Waals surface area (Å²) in [6, 6.07) is 5.36. The maximum absolute atomic E-state index is 12.1. The molecule has 2 aromatic rings. The zero-order valence-electron chi connectivity index (χ0n) is 14.1. The minimum atomic E-state index is -0.00667. The Morgan fingerprint density at radius 3 is 2.62 bits per heavy atom. The third kappa shape index (κ3) is 4.50. The zero-order valence-corrected chi connectivity index (χ0v) is 15.6. The van der Waals surface area contributed by atoms with Crippen LogP contribution in [0.3, 0.4) is 0 Å². The molecule has 0 spiro atoms. The predicted molar refractivity (Wildman–Crippen MR) is 98.3 cm³/mol. The van der Waals surface area contributed by atoms with E-state index in [1.54, 1.807) is 16.8 Å². The van der Waals surface area contributed by atoms with Crippen LogP contribution in [-0.2, 0) is 11.2 Å². The first-order valence-electron chi connectivity index (χ1n) is 7.92. The van der Waals surface area contributed by atoms with E-state index in [-0.39, 0.29) is 5.91 Å². The summed E-state index contributed by atoms with van der Waals surface area (Å²) >= 11 is 12.1. The molecule has 24 heavy (non-hydrogen) atoms. The molecule has 1 heterocycles. The molecule has 1 aromatic carbocycles. The van der Waals surface area contributed by atoms with Crippen molar-refractivity contribution in [1.82, 2.24) is 20.4 Å². The number of carbonyl (C=O) groups excluding carboxylic acids is 1. The highest BCUT2D eigenvalue weighted by Crippen LogP contribution is 2.26. The number of nitrogens with zero attached hydrogens (tertiary/aromatic N) is 2. The van der Waals surface area contributed by atoms with Crippen LogP contribution in [0.1, 0.15) is 23.9 Å². The average molecular weight is 369 g/mol. The molecule has 0 unspecified atom stereocenters. The second-order valence-electron chi connectivity index (χ2n) is 5.54. The molecular weight excluding hydrogens is 347 g/mol. The predicted octanol–water partition coefficient (Wildman–Crippen LogP) is 3.06. The van der Waals surface area contributed by atoms with Gasteiger partial charge in [-0.2, -0.15) is 5.10 Å². The highest BCUT2D eigenvalue weighted by molar-refractivity contribution is 6.42. The van der Waals surface area contributed by atoms with Gasteiger partial charge in [0, 0.05) is 24.3 Å². The molecule has 5 nitrogen and oxygen atoms in total. The monoisotopic (exact) mass is 368 g/mol. The summed E-state index contributed by atoms with van der Waals surface area (Å²) in [5.74, 6) is -0.00667. The second kappa shape index (κ2) is 8.51. The van der Waals surface area contributed by atoms with E-state index in [2.05, 4.69) is 15.7 Å². The van der Waals surface area contributed by atoms with Crippen molar-refractivity contribution in [2.75, 3.05) is 19.6 Å². The molecule has 0 saturated carbocycles. The van der Waals surface area contributed by atoms with E-state index in [4.69, 9.17) is 23.2 Å². The first-order valence-corrected chi connectivity index (χ1v) is 8.67. The van der Waals surface area contributed by atoms with Gasteiger partial charge in [0.25, 0.3) is 0 Å². The molecule has 7 heteroatoms. The highest BCUT2D eigenvalue weighted by Gasteiger charge is 2.16. The molecule has 0 radical (unpaired) electrons. The van der Waals surface area contributed by atoms with Gasteiger partial charge in [0.05, 0.1) is 27.8 Å². The first kappa shape index (κ1) is 18.8. The van der Waals surface area contributed by atoms with Gasteiger partial charge in [-0.1, -0.05) is 30.1 Å². The maximum Gasteiger partial charge on any atom is 0.224 e. The number of nitrogens with one attached hydrogen (secondary N) is 2. The smallest absolute Gasteiger partial charge is 0.224 e. The Morgan fingerprint density at radius 2 is 1.96 bits per heavy atom. The molecule has 2 rings (SSSR count). The van der Waals surface area contributed by atoms with Crippen molar-refractivity contribution in [2.24, 2.45) is 0 Å². The summed E-state index contributed by atoms with van der Waals surface area (Å²) in [4.78, 5) is 12.1. The van der Waals surface area contributed by atoms with E-state index in [0.717, 1.165) is 35.7 Å². The summed E-state index contributed by atoms with van der Waals surface area (Å²) in [7, 11) is 0. The number of carbonyl (C=O) groups is 1. The van der Waals surface area contributed by atoms with Gasteiger partial charge in [0.15, 0.2) is 0 Å². The van der Waals surface area contributed by atoms with Crippen LogP contribution in [0.25, 0.3) is 5.69 Å². The highest BCUT2D eigenvalue weighted by atomic mass is 35.5. The third-order valence-corrected chi connectivity index (χ3v) is 4.54. The van der Waals surface area contributed by atoms with Crippen molar-refractivity contribution < 1.29 is 4.79 Å². The Kier molecular flexibility index (Phi) is 6.66. The van der Waals surface area contributed by atoms with E-state index >= 15 is 0 Å². The van der Waals surface area contributed by atoms with Gasteiger partial charge in [-0.15, -0.1) is 0 Å². The number of rotatable bonds is 7. The number of aryl methyl sites for hydroxylation is 1. The molecule has 1 amide bonds. The Labute approximate surface area is 152 Å². The van der Waals surface area contributed by atoms with Crippen LogP contribution >= 0.6 is 23.2 Å². The fourth-order valence-corrected chi connectivity index (χ4v) is 2.78. The average Bonchev–Trinajstić information content (AvgIpc) is 2.82. The van der Waals surface area contributed by atoms with Gasteiger partial charge in [0.2, 0.25) is 5.91 Å². The number of aromatic nitrogens is 2. The lowest BCUT2D eigenvalue weighted by Crippen LogP contribution is -2.32. The number of benzene rings is 1. The molecular formula is C17H22Cl2N4O. The molecule has 0 atom stereocenters.